The quantitative estimate of drug-likeness (QED) is 0.397. The maximum atomic E-state index is 13.5. The molecule has 1 aliphatic rings. The number of carbonyl (C=O) groups is 1. The van der Waals surface area contributed by atoms with Crippen molar-refractivity contribution in [3.8, 4) is 0 Å². The molecule has 1 fully saturated rings. The van der Waals surface area contributed by atoms with Crippen molar-refractivity contribution in [3.63, 3.8) is 0 Å². The van der Waals surface area contributed by atoms with Crippen LogP contribution in [-0.2, 0) is 6.54 Å². The van der Waals surface area contributed by atoms with Gasteiger partial charge in [-0.1, -0.05) is 17.7 Å². The molecular weight excluding hydrogens is 416 g/mol. The van der Waals surface area contributed by atoms with Crippen LogP contribution in [0.5, 0.6) is 0 Å². The average molecular weight is 437 g/mol. The van der Waals surface area contributed by atoms with Gasteiger partial charge in [-0.05, 0) is 61.4 Å². The van der Waals surface area contributed by atoms with Gasteiger partial charge in [0.15, 0.2) is 0 Å². The van der Waals surface area contributed by atoms with E-state index in [1.807, 2.05) is 17.0 Å². The third-order valence-electron chi connectivity index (χ3n) is 5.30. The summed E-state index contributed by atoms with van der Waals surface area (Å²) in [5.41, 5.74) is 2.09. The summed E-state index contributed by atoms with van der Waals surface area (Å²) in [6, 6.07) is 17.1. The second kappa shape index (κ2) is 9.14. The maximum absolute atomic E-state index is 13.5. The lowest BCUT2D eigenvalue weighted by atomic mass is 10.1. The number of nitro benzene ring substituents is 1. The minimum absolute atomic E-state index is 0.0540. The molecule has 0 atom stereocenters. The first-order chi connectivity index (χ1) is 15.0. The molecule has 158 valence electrons. The number of nitro groups is 1. The van der Waals surface area contributed by atoms with Crippen molar-refractivity contribution < 1.29 is 9.72 Å². The molecule has 0 aliphatic carbocycles. The van der Waals surface area contributed by atoms with Crippen molar-refractivity contribution in [3.05, 3.63) is 93.3 Å². The Labute approximate surface area is 185 Å². The van der Waals surface area contributed by atoms with E-state index in [4.69, 9.17) is 11.6 Å². The first-order valence-electron chi connectivity index (χ1n) is 10.0. The van der Waals surface area contributed by atoms with E-state index in [2.05, 4.69) is 4.98 Å². The number of pyridine rings is 1. The molecule has 7 nitrogen and oxygen atoms in total. The van der Waals surface area contributed by atoms with Crippen LogP contribution < -0.4 is 9.80 Å². The van der Waals surface area contributed by atoms with E-state index in [1.54, 1.807) is 53.6 Å². The van der Waals surface area contributed by atoms with Gasteiger partial charge in [-0.2, -0.15) is 0 Å². The van der Waals surface area contributed by atoms with Crippen LogP contribution in [0.1, 0.15) is 28.9 Å². The zero-order valence-corrected chi connectivity index (χ0v) is 17.5. The molecule has 3 aromatic rings. The van der Waals surface area contributed by atoms with Crippen molar-refractivity contribution in [2.24, 2.45) is 0 Å². The van der Waals surface area contributed by atoms with Crippen LogP contribution in [-0.4, -0.2) is 28.9 Å². The van der Waals surface area contributed by atoms with E-state index in [1.165, 1.54) is 6.07 Å². The summed E-state index contributed by atoms with van der Waals surface area (Å²) in [5, 5.41) is 12.3. The Kier molecular flexibility index (Phi) is 6.13. The van der Waals surface area contributed by atoms with Gasteiger partial charge in [0.05, 0.1) is 17.2 Å². The first kappa shape index (κ1) is 20.8. The number of hydrogen-bond acceptors (Lipinski definition) is 5. The summed E-state index contributed by atoms with van der Waals surface area (Å²) < 4.78 is 0. The Morgan fingerprint density at radius 3 is 2.48 bits per heavy atom. The van der Waals surface area contributed by atoms with Gasteiger partial charge in [0, 0.05) is 41.6 Å². The topological polar surface area (TPSA) is 79.6 Å². The minimum atomic E-state index is -0.421. The smallest absolute Gasteiger partial charge is 0.293 e. The molecule has 0 saturated carbocycles. The van der Waals surface area contributed by atoms with Crippen LogP contribution in [0, 0.1) is 10.1 Å². The van der Waals surface area contributed by atoms with Crippen LogP contribution in [0.25, 0.3) is 0 Å². The number of amides is 1. The Balaban J connectivity index is 1.71. The second-order valence-corrected chi connectivity index (χ2v) is 7.78. The molecule has 1 aliphatic heterocycles. The Bertz CT molecular complexity index is 1080. The van der Waals surface area contributed by atoms with Crippen LogP contribution in [0.15, 0.2) is 66.9 Å². The number of nitrogens with zero attached hydrogens (tertiary/aromatic N) is 4. The summed E-state index contributed by atoms with van der Waals surface area (Å²) in [5.74, 6) is -0.343. The zero-order chi connectivity index (χ0) is 21.8. The summed E-state index contributed by atoms with van der Waals surface area (Å²) in [4.78, 5) is 32.7. The highest BCUT2D eigenvalue weighted by Gasteiger charge is 2.26. The summed E-state index contributed by atoms with van der Waals surface area (Å²) in [7, 11) is 0. The van der Waals surface area contributed by atoms with E-state index < -0.39 is 4.92 Å². The number of anilines is 2. The molecule has 8 heteroatoms. The molecular formula is C23H21ClN4O3. The molecule has 0 radical (unpaired) electrons. The van der Waals surface area contributed by atoms with Crippen molar-refractivity contribution >= 4 is 34.6 Å². The van der Waals surface area contributed by atoms with E-state index in [0.29, 0.717) is 22.1 Å². The average Bonchev–Trinajstić information content (AvgIpc) is 3.33. The SMILES string of the molecule is O=C(c1ccc(N2CCCC2)c([N+](=O)[O-])c1)N(Cc1ccccn1)c1ccc(Cl)cc1. The molecule has 0 N–H and O–H groups in total. The normalized spacial score (nSPS) is 13.3. The summed E-state index contributed by atoms with van der Waals surface area (Å²) >= 11 is 6.01. The van der Waals surface area contributed by atoms with Crippen LogP contribution in [0.3, 0.4) is 0 Å². The van der Waals surface area contributed by atoms with Gasteiger partial charge in [0.2, 0.25) is 0 Å². The largest absolute Gasteiger partial charge is 0.366 e. The lowest BCUT2D eigenvalue weighted by Gasteiger charge is -2.23. The van der Waals surface area contributed by atoms with Crippen molar-refractivity contribution in [2.75, 3.05) is 22.9 Å². The fourth-order valence-electron chi connectivity index (χ4n) is 3.74. The molecule has 1 saturated heterocycles. The molecule has 2 aromatic carbocycles. The van der Waals surface area contributed by atoms with Crippen molar-refractivity contribution in [1.29, 1.82) is 0 Å². The van der Waals surface area contributed by atoms with Gasteiger partial charge in [0.1, 0.15) is 5.69 Å². The second-order valence-electron chi connectivity index (χ2n) is 7.34. The standard InChI is InChI=1S/C23H21ClN4O3/c24-18-7-9-20(10-8-18)27(16-19-5-1-2-12-25-19)23(29)17-6-11-21(22(15-17)28(30)31)26-13-3-4-14-26/h1-2,5-12,15H,3-4,13-14,16H2. The molecule has 0 unspecified atom stereocenters. The minimum Gasteiger partial charge on any atom is -0.366 e. The molecule has 2 heterocycles. The Morgan fingerprint density at radius 2 is 1.84 bits per heavy atom. The summed E-state index contributed by atoms with van der Waals surface area (Å²) in [6.45, 7) is 1.79. The third-order valence-corrected chi connectivity index (χ3v) is 5.55. The third kappa shape index (κ3) is 4.67. The predicted molar refractivity (Wildman–Crippen MR) is 121 cm³/mol. The highest BCUT2D eigenvalue weighted by Crippen LogP contribution is 2.32. The highest BCUT2D eigenvalue weighted by molar-refractivity contribution is 6.30. The van der Waals surface area contributed by atoms with Gasteiger partial charge < -0.3 is 9.80 Å². The Hall–Kier alpha value is -3.45. The number of hydrogen-bond donors (Lipinski definition) is 0. The van der Waals surface area contributed by atoms with Crippen molar-refractivity contribution in [1.82, 2.24) is 4.98 Å². The van der Waals surface area contributed by atoms with Crippen LogP contribution in [0.2, 0.25) is 5.02 Å². The molecule has 0 bridgehead atoms. The molecule has 1 amide bonds. The number of benzene rings is 2. The van der Waals surface area contributed by atoms with E-state index in [-0.39, 0.29) is 23.7 Å². The van der Waals surface area contributed by atoms with Gasteiger partial charge in [-0.15, -0.1) is 0 Å². The number of carbonyl (C=O) groups excluding carboxylic acids is 1. The van der Waals surface area contributed by atoms with Gasteiger partial charge in [0.25, 0.3) is 11.6 Å². The summed E-state index contributed by atoms with van der Waals surface area (Å²) in [6.07, 6.45) is 3.67. The van der Waals surface area contributed by atoms with E-state index >= 15 is 0 Å². The van der Waals surface area contributed by atoms with E-state index in [0.717, 1.165) is 25.9 Å². The molecule has 1 aromatic heterocycles. The maximum Gasteiger partial charge on any atom is 0.293 e. The number of aromatic nitrogens is 1. The molecule has 31 heavy (non-hydrogen) atoms. The van der Waals surface area contributed by atoms with Gasteiger partial charge >= 0.3 is 0 Å². The fourth-order valence-corrected chi connectivity index (χ4v) is 3.86. The van der Waals surface area contributed by atoms with Gasteiger partial charge in [-0.3, -0.25) is 19.9 Å². The van der Waals surface area contributed by atoms with E-state index in [9.17, 15) is 14.9 Å². The fraction of sp³-hybridized carbons (Fsp3) is 0.217. The molecule has 0 spiro atoms. The lowest BCUT2D eigenvalue weighted by molar-refractivity contribution is -0.384. The lowest BCUT2D eigenvalue weighted by Crippen LogP contribution is -2.31. The first-order valence-corrected chi connectivity index (χ1v) is 10.4. The molecule has 4 rings (SSSR count). The number of halogens is 1. The highest BCUT2D eigenvalue weighted by atomic mass is 35.5. The zero-order valence-electron chi connectivity index (χ0n) is 16.8. The van der Waals surface area contributed by atoms with Crippen molar-refractivity contribution in [2.45, 2.75) is 19.4 Å². The monoisotopic (exact) mass is 436 g/mol. The number of rotatable bonds is 6. The Morgan fingerprint density at radius 1 is 1.10 bits per heavy atom. The van der Waals surface area contributed by atoms with Crippen LogP contribution in [0.4, 0.5) is 17.1 Å². The van der Waals surface area contributed by atoms with Crippen LogP contribution >= 0.6 is 11.6 Å². The predicted octanol–water partition coefficient (Wildman–Crippen LogP) is 5.09. The van der Waals surface area contributed by atoms with Gasteiger partial charge in [-0.25, -0.2) is 0 Å².